The zero-order valence-electron chi connectivity index (χ0n) is 15.7. The molecule has 0 spiro atoms. The average molecular weight is 389 g/mol. The molecule has 11 heteroatoms. The SMILES string of the molecule is CCCCOCC(=O)[N-]c1c[n+](N2CCN(S(C)(=O)=O)CC2(C)C)no1. The quantitative estimate of drug-likeness (QED) is 0.464. The van der Waals surface area contributed by atoms with Gasteiger partial charge in [0.15, 0.2) is 0 Å². The van der Waals surface area contributed by atoms with Gasteiger partial charge in [0.05, 0.1) is 30.1 Å². The Hall–Kier alpha value is -1.72. The van der Waals surface area contributed by atoms with E-state index in [0.29, 0.717) is 26.2 Å². The number of carbonyl (C=O) groups excluding carboxylic acids is 1. The molecule has 2 heterocycles. The highest BCUT2D eigenvalue weighted by Gasteiger charge is 2.43. The lowest BCUT2D eigenvalue weighted by molar-refractivity contribution is -0.766. The van der Waals surface area contributed by atoms with E-state index < -0.39 is 21.5 Å². The topological polar surface area (TPSA) is 111 Å². The molecule has 0 unspecified atom stereocenters. The van der Waals surface area contributed by atoms with Gasteiger partial charge in [-0.3, -0.25) is 0 Å². The fourth-order valence-electron chi connectivity index (χ4n) is 2.72. The minimum atomic E-state index is -3.25. The molecule has 26 heavy (non-hydrogen) atoms. The molecule has 10 nitrogen and oxygen atoms in total. The van der Waals surface area contributed by atoms with Gasteiger partial charge in [-0.05, 0) is 20.3 Å². The number of aromatic nitrogens is 2. The Morgan fingerprint density at radius 2 is 2.19 bits per heavy atom. The molecule has 2 rings (SSSR count). The summed E-state index contributed by atoms with van der Waals surface area (Å²) in [5.41, 5.74) is -0.507. The Bertz CT molecular complexity index is 718. The maximum absolute atomic E-state index is 11.8. The van der Waals surface area contributed by atoms with Crippen molar-refractivity contribution in [3.05, 3.63) is 11.5 Å². The van der Waals surface area contributed by atoms with Gasteiger partial charge in [0.25, 0.3) is 6.20 Å². The highest BCUT2D eigenvalue weighted by atomic mass is 32.2. The Morgan fingerprint density at radius 3 is 2.81 bits per heavy atom. The second-order valence-electron chi connectivity index (χ2n) is 6.90. The van der Waals surface area contributed by atoms with Crippen LogP contribution in [0.1, 0.15) is 33.6 Å². The van der Waals surface area contributed by atoms with Crippen molar-refractivity contribution in [2.45, 2.75) is 39.2 Å². The summed E-state index contributed by atoms with van der Waals surface area (Å²) in [7, 11) is -3.25. The molecule has 1 aliphatic heterocycles. The van der Waals surface area contributed by atoms with E-state index in [1.807, 2.05) is 25.8 Å². The first-order valence-electron chi connectivity index (χ1n) is 8.57. The van der Waals surface area contributed by atoms with Crippen molar-refractivity contribution in [1.82, 2.24) is 9.58 Å². The third-order valence-electron chi connectivity index (χ3n) is 4.09. The normalized spacial score (nSPS) is 18.1. The number of hydrogen-bond acceptors (Lipinski definition) is 7. The van der Waals surface area contributed by atoms with Gasteiger partial charge >= 0.3 is 0 Å². The maximum atomic E-state index is 11.8. The van der Waals surface area contributed by atoms with Crippen LogP contribution in [-0.4, -0.2) is 68.5 Å². The molecule has 1 aliphatic rings. The molecule has 0 saturated carbocycles. The zero-order chi connectivity index (χ0) is 19.4. The van der Waals surface area contributed by atoms with Crippen LogP contribution >= 0.6 is 0 Å². The van der Waals surface area contributed by atoms with Crippen LogP contribution in [-0.2, 0) is 19.6 Å². The predicted molar refractivity (Wildman–Crippen MR) is 94.0 cm³/mol. The van der Waals surface area contributed by atoms with Crippen molar-refractivity contribution in [3.63, 3.8) is 0 Å². The van der Waals surface area contributed by atoms with Gasteiger partial charge in [0.1, 0.15) is 11.4 Å². The molecule has 0 N–H and O–H groups in total. The molecule has 0 radical (unpaired) electrons. The summed E-state index contributed by atoms with van der Waals surface area (Å²) in [5, 5.41) is 9.60. The Morgan fingerprint density at radius 1 is 1.46 bits per heavy atom. The van der Waals surface area contributed by atoms with E-state index >= 15 is 0 Å². The Kier molecular flexibility index (Phi) is 6.58. The highest BCUT2D eigenvalue weighted by Crippen LogP contribution is 2.20. The van der Waals surface area contributed by atoms with Crippen LogP contribution in [0.25, 0.3) is 5.32 Å². The van der Waals surface area contributed by atoms with Gasteiger partial charge in [-0.15, -0.1) is 5.01 Å². The van der Waals surface area contributed by atoms with Crippen molar-refractivity contribution < 1.29 is 27.3 Å². The lowest BCUT2D eigenvalue weighted by Crippen LogP contribution is -2.74. The van der Waals surface area contributed by atoms with Crippen LogP contribution in [0.5, 0.6) is 0 Å². The van der Waals surface area contributed by atoms with Gasteiger partial charge in [0.2, 0.25) is 15.3 Å². The van der Waals surface area contributed by atoms with E-state index in [-0.39, 0.29) is 12.5 Å². The van der Waals surface area contributed by atoms with Crippen molar-refractivity contribution in [3.8, 4) is 0 Å². The third-order valence-corrected chi connectivity index (χ3v) is 5.34. The standard InChI is InChI=1S/C15H27N5O5S/c1-5-6-9-24-11-13(21)16-14-10-20(17-25-14)19-8-7-18(26(4,22)23)12-15(19,2)3/h10H,5-9,11-12H2,1-4H3. The number of unbranched alkanes of at least 4 members (excludes halogenated alkanes) is 1. The van der Waals surface area contributed by atoms with Crippen LogP contribution in [0.3, 0.4) is 0 Å². The number of nitrogens with zero attached hydrogens (tertiary/aromatic N) is 5. The molecule has 1 aromatic heterocycles. The van der Waals surface area contributed by atoms with Gasteiger partial charge in [-0.2, -0.15) is 4.31 Å². The zero-order valence-corrected chi connectivity index (χ0v) is 16.5. The highest BCUT2D eigenvalue weighted by molar-refractivity contribution is 7.88. The fraction of sp³-hybridized carbons (Fsp3) is 0.800. The Labute approximate surface area is 154 Å². The predicted octanol–water partition coefficient (Wildman–Crippen LogP) is 0.302. The van der Waals surface area contributed by atoms with Gasteiger partial charge in [-0.1, -0.05) is 13.3 Å². The first kappa shape index (κ1) is 20.6. The van der Waals surface area contributed by atoms with Gasteiger partial charge in [0, 0.05) is 19.7 Å². The van der Waals surface area contributed by atoms with E-state index in [9.17, 15) is 13.2 Å². The summed E-state index contributed by atoms with van der Waals surface area (Å²) < 4.78 is 35.3. The molecule has 1 saturated heterocycles. The van der Waals surface area contributed by atoms with E-state index in [1.54, 1.807) is 0 Å². The molecule has 1 fully saturated rings. The first-order chi connectivity index (χ1) is 12.1. The van der Waals surface area contributed by atoms with Crippen molar-refractivity contribution in [1.29, 1.82) is 0 Å². The molecular weight excluding hydrogens is 362 g/mol. The lowest BCUT2D eigenvalue weighted by atomic mass is 10.0. The summed E-state index contributed by atoms with van der Waals surface area (Å²) in [6.07, 6.45) is 4.59. The average Bonchev–Trinajstić information content (AvgIpc) is 2.97. The minimum absolute atomic E-state index is 0.0791. The maximum Gasteiger partial charge on any atom is 0.257 e. The molecule has 0 atom stereocenters. The number of ether oxygens (including phenoxy) is 1. The minimum Gasteiger partial charge on any atom is -0.586 e. The van der Waals surface area contributed by atoms with E-state index in [2.05, 4.69) is 10.6 Å². The summed E-state index contributed by atoms with van der Waals surface area (Å²) in [5.74, 6) is -0.360. The smallest absolute Gasteiger partial charge is 0.257 e. The Balaban J connectivity index is 1.95. The third kappa shape index (κ3) is 5.39. The lowest BCUT2D eigenvalue weighted by Gasteiger charge is -2.40. The van der Waals surface area contributed by atoms with Crippen LogP contribution < -0.4 is 9.80 Å². The van der Waals surface area contributed by atoms with E-state index in [4.69, 9.17) is 9.26 Å². The van der Waals surface area contributed by atoms with Crippen LogP contribution in [0.2, 0.25) is 0 Å². The number of amides is 1. The summed E-state index contributed by atoms with van der Waals surface area (Å²) in [6.45, 7) is 7.39. The van der Waals surface area contributed by atoms with E-state index in [0.717, 1.165) is 12.8 Å². The van der Waals surface area contributed by atoms with E-state index in [1.165, 1.54) is 21.5 Å². The second-order valence-corrected chi connectivity index (χ2v) is 8.89. The number of hydrogen-bond donors (Lipinski definition) is 0. The molecule has 0 bridgehead atoms. The number of rotatable bonds is 8. The van der Waals surface area contributed by atoms with Crippen LogP contribution in [0.15, 0.2) is 10.7 Å². The fourth-order valence-corrected chi connectivity index (χ4v) is 3.68. The van der Waals surface area contributed by atoms with Crippen molar-refractivity contribution in [2.75, 3.05) is 44.1 Å². The molecule has 148 valence electrons. The number of sulfonamides is 1. The molecule has 0 aromatic carbocycles. The van der Waals surface area contributed by atoms with Crippen molar-refractivity contribution in [2.24, 2.45) is 0 Å². The second kappa shape index (κ2) is 8.31. The molecular formula is C15H27N5O5S. The molecule has 1 amide bonds. The first-order valence-corrected chi connectivity index (χ1v) is 10.4. The number of carbonyl (C=O) groups is 1. The monoisotopic (exact) mass is 389 g/mol. The number of piperazine rings is 1. The van der Waals surface area contributed by atoms with Crippen LogP contribution in [0.4, 0.5) is 5.88 Å². The van der Waals surface area contributed by atoms with Crippen LogP contribution in [0, 0.1) is 0 Å². The summed E-state index contributed by atoms with van der Waals surface area (Å²) >= 11 is 0. The molecule has 0 aliphatic carbocycles. The van der Waals surface area contributed by atoms with Gasteiger partial charge in [-0.25, -0.2) is 8.42 Å². The summed E-state index contributed by atoms with van der Waals surface area (Å²) in [4.78, 5) is 13.2. The van der Waals surface area contributed by atoms with Gasteiger partial charge < -0.3 is 19.4 Å². The van der Waals surface area contributed by atoms with Crippen molar-refractivity contribution >= 4 is 21.8 Å². The largest absolute Gasteiger partial charge is 0.586 e. The molecule has 1 aromatic rings. The summed E-state index contributed by atoms with van der Waals surface area (Å²) in [6, 6.07) is 0.